The molecule has 1 N–H and O–H groups in total. The van der Waals surface area contributed by atoms with Crippen LogP contribution in [0, 0.1) is 11.6 Å². The van der Waals surface area contributed by atoms with Crippen molar-refractivity contribution in [3.05, 3.63) is 54.1 Å². The fourth-order valence-corrected chi connectivity index (χ4v) is 2.18. The first-order valence-electron chi connectivity index (χ1n) is 5.41. The Morgan fingerprint density at radius 1 is 1.11 bits per heavy atom. The van der Waals surface area contributed by atoms with Crippen LogP contribution in [-0.4, -0.2) is 11.6 Å². The molecule has 0 amide bonds. The van der Waals surface area contributed by atoms with E-state index < -0.39 is 19.2 Å². The lowest BCUT2D eigenvalue weighted by molar-refractivity contribution is 0.387. The average molecular weight is 284 g/mol. The van der Waals surface area contributed by atoms with E-state index in [0.29, 0.717) is 0 Å². The van der Waals surface area contributed by atoms with Crippen LogP contribution in [0.4, 0.5) is 8.78 Å². The zero-order valence-electron chi connectivity index (χ0n) is 10.0. The molecule has 0 heterocycles. The van der Waals surface area contributed by atoms with E-state index in [9.17, 15) is 18.2 Å². The molecule has 0 aromatic heterocycles. The smallest absolute Gasteiger partial charge is 0.373 e. The second-order valence-electron chi connectivity index (χ2n) is 4.01. The largest absolute Gasteiger partial charge is 0.424 e. The lowest BCUT2D eigenvalue weighted by Gasteiger charge is -2.13. The molecule has 1 atom stereocenters. The molecule has 2 rings (SSSR count). The van der Waals surface area contributed by atoms with Crippen LogP contribution >= 0.6 is 7.60 Å². The summed E-state index contributed by atoms with van der Waals surface area (Å²) in [6.07, 6.45) is 0. The van der Waals surface area contributed by atoms with Crippen molar-refractivity contribution in [1.82, 2.24) is 0 Å². The lowest BCUT2D eigenvalue weighted by Crippen LogP contribution is -1.94. The summed E-state index contributed by atoms with van der Waals surface area (Å²) in [6.45, 7) is 1.00. The first-order valence-corrected chi connectivity index (χ1v) is 7.43. The molecule has 0 saturated heterocycles. The third-order valence-electron chi connectivity index (χ3n) is 2.37. The molecule has 0 radical (unpaired) electrons. The van der Waals surface area contributed by atoms with Gasteiger partial charge in [-0.1, -0.05) is 18.2 Å². The number of halogens is 2. The minimum absolute atomic E-state index is 0.0418. The molecule has 0 saturated carbocycles. The van der Waals surface area contributed by atoms with Gasteiger partial charge in [-0.05, 0) is 24.3 Å². The molecule has 0 aliphatic rings. The quantitative estimate of drug-likeness (QED) is 0.871. The molecule has 19 heavy (non-hydrogen) atoms. The summed E-state index contributed by atoms with van der Waals surface area (Å²) in [5.41, 5.74) is 0.194. The van der Waals surface area contributed by atoms with Gasteiger partial charge in [-0.2, -0.15) is 0 Å². The molecule has 2 aromatic carbocycles. The average Bonchev–Trinajstić information content (AvgIpc) is 2.31. The molecule has 2 aromatic rings. The Balaban J connectivity index is 2.58. The molecule has 6 heteroatoms. The van der Waals surface area contributed by atoms with Gasteiger partial charge in [0.05, 0.1) is 0 Å². The van der Waals surface area contributed by atoms with Gasteiger partial charge in [0.25, 0.3) is 0 Å². The predicted octanol–water partition coefficient (Wildman–Crippen LogP) is 3.83. The van der Waals surface area contributed by atoms with E-state index in [4.69, 9.17) is 4.52 Å². The summed E-state index contributed by atoms with van der Waals surface area (Å²) in [7, 11) is -3.81. The van der Waals surface area contributed by atoms with E-state index in [2.05, 4.69) is 0 Å². The zero-order valence-corrected chi connectivity index (χ0v) is 10.9. The van der Waals surface area contributed by atoms with Gasteiger partial charge in [-0.25, -0.2) is 13.3 Å². The minimum atomic E-state index is -3.81. The van der Waals surface area contributed by atoms with Gasteiger partial charge in [-0.3, -0.25) is 0 Å². The van der Waals surface area contributed by atoms with Crippen molar-refractivity contribution in [2.24, 2.45) is 0 Å². The molecule has 0 spiro atoms. The topological polar surface area (TPSA) is 46.5 Å². The van der Waals surface area contributed by atoms with Crippen molar-refractivity contribution >= 4 is 7.60 Å². The van der Waals surface area contributed by atoms with E-state index in [1.807, 2.05) is 0 Å². The SMILES string of the molecule is CP(=O)(O)Oc1ccc(F)cc1-c1ccccc1F. The van der Waals surface area contributed by atoms with Gasteiger partial charge in [-0.15, -0.1) is 0 Å². The predicted molar refractivity (Wildman–Crippen MR) is 68.2 cm³/mol. The lowest BCUT2D eigenvalue weighted by atomic mass is 10.0. The van der Waals surface area contributed by atoms with E-state index in [1.165, 1.54) is 24.3 Å². The van der Waals surface area contributed by atoms with Gasteiger partial charge in [0.1, 0.15) is 17.4 Å². The Kier molecular flexibility index (Phi) is 3.69. The summed E-state index contributed by atoms with van der Waals surface area (Å²) in [4.78, 5) is 9.23. The maximum Gasteiger partial charge on any atom is 0.373 e. The highest BCUT2D eigenvalue weighted by Gasteiger charge is 2.18. The monoisotopic (exact) mass is 284 g/mol. The van der Waals surface area contributed by atoms with Crippen molar-refractivity contribution in [2.75, 3.05) is 6.66 Å². The van der Waals surface area contributed by atoms with E-state index >= 15 is 0 Å². The molecule has 0 fully saturated rings. The fraction of sp³-hybridized carbons (Fsp3) is 0.0769. The third kappa shape index (κ3) is 3.40. The van der Waals surface area contributed by atoms with Crippen LogP contribution in [0.3, 0.4) is 0 Å². The fourth-order valence-electron chi connectivity index (χ4n) is 1.65. The second kappa shape index (κ2) is 5.11. The minimum Gasteiger partial charge on any atom is -0.424 e. The Morgan fingerprint density at radius 3 is 2.42 bits per heavy atom. The molecule has 0 aliphatic carbocycles. The molecular weight excluding hydrogens is 273 g/mol. The summed E-state index contributed by atoms with van der Waals surface area (Å²) < 4.78 is 43.2. The van der Waals surface area contributed by atoms with Crippen LogP contribution in [0.15, 0.2) is 42.5 Å². The number of benzene rings is 2. The van der Waals surface area contributed by atoms with Crippen LogP contribution in [0.1, 0.15) is 0 Å². The first-order chi connectivity index (χ1) is 8.87. The summed E-state index contributed by atoms with van der Waals surface area (Å²) in [5, 5.41) is 0. The standard InChI is InChI=1S/C13H11F2O3P/c1-19(16,17)18-13-7-6-9(14)8-11(13)10-4-2-3-5-12(10)15/h2-8H,1H3,(H,16,17). The van der Waals surface area contributed by atoms with Crippen molar-refractivity contribution < 1.29 is 22.8 Å². The number of hydrogen-bond donors (Lipinski definition) is 1. The van der Waals surface area contributed by atoms with Gasteiger partial charge < -0.3 is 9.42 Å². The maximum atomic E-state index is 13.7. The Morgan fingerprint density at radius 2 is 1.79 bits per heavy atom. The van der Waals surface area contributed by atoms with Crippen LogP contribution in [-0.2, 0) is 4.57 Å². The summed E-state index contributed by atoms with van der Waals surface area (Å²) >= 11 is 0. The highest BCUT2D eigenvalue weighted by atomic mass is 31.2. The molecule has 1 unspecified atom stereocenters. The Bertz CT molecular complexity index is 652. The van der Waals surface area contributed by atoms with E-state index in [1.54, 1.807) is 6.07 Å². The molecule has 3 nitrogen and oxygen atoms in total. The summed E-state index contributed by atoms with van der Waals surface area (Å²) in [5.74, 6) is -1.20. The van der Waals surface area contributed by atoms with Crippen molar-refractivity contribution in [2.45, 2.75) is 0 Å². The van der Waals surface area contributed by atoms with Gasteiger partial charge >= 0.3 is 7.60 Å². The third-order valence-corrected chi connectivity index (χ3v) is 2.91. The Hall–Kier alpha value is -1.71. The summed E-state index contributed by atoms with van der Waals surface area (Å²) in [6, 6.07) is 9.07. The maximum absolute atomic E-state index is 13.7. The van der Waals surface area contributed by atoms with Crippen LogP contribution in [0.2, 0.25) is 0 Å². The van der Waals surface area contributed by atoms with Crippen molar-refractivity contribution in [1.29, 1.82) is 0 Å². The van der Waals surface area contributed by atoms with Gasteiger partial charge in [0.15, 0.2) is 0 Å². The van der Waals surface area contributed by atoms with Crippen molar-refractivity contribution in [3.8, 4) is 16.9 Å². The van der Waals surface area contributed by atoms with E-state index in [-0.39, 0.29) is 16.9 Å². The first kappa shape index (κ1) is 13.7. The van der Waals surface area contributed by atoms with E-state index in [0.717, 1.165) is 18.8 Å². The highest BCUT2D eigenvalue weighted by Crippen LogP contribution is 2.43. The van der Waals surface area contributed by atoms with Crippen molar-refractivity contribution in [3.63, 3.8) is 0 Å². The molecule has 0 bridgehead atoms. The van der Waals surface area contributed by atoms with Crippen LogP contribution < -0.4 is 4.52 Å². The molecule has 0 aliphatic heterocycles. The highest BCUT2D eigenvalue weighted by molar-refractivity contribution is 7.52. The normalized spacial score (nSPS) is 13.9. The van der Waals surface area contributed by atoms with Crippen LogP contribution in [0.5, 0.6) is 5.75 Å². The van der Waals surface area contributed by atoms with Gasteiger partial charge in [0, 0.05) is 17.8 Å². The Labute approximate surface area is 109 Å². The van der Waals surface area contributed by atoms with Gasteiger partial charge in [0.2, 0.25) is 0 Å². The molecular formula is C13H11F2O3P. The zero-order chi connectivity index (χ0) is 14.0. The van der Waals surface area contributed by atoms with Crippen LogP contribution in [0.25, 0.3) is 11.1 Å². The second-order valence-corrected chi connectivity index (χ2v) is 5.80. The number of rotatable bonds is 3. The number of hydrogen-bond acceptors (Lipinski definition) is 2. The molecule has 100 valence electrons.